The van der Waals surface area contributed by atoms with Crippen LogP contribution >= 0.6 is 11.6 Å². The maximum atomic E-state index is 12.8. The number of rotatable bonds is 8. The van der Waals surface area contributed by atoms with Crippen molar-refractivity contribution < 1.29 is 26.4 Å². The van der Waals surface area contributed by atoms with E-state index in [0.29, 0.717) is 11.1 Å². The summed E-state index contributed by atoms with van der Waals surface area (Å²) in [5.74, 6) is -0.456. The molecule has 1 aliphatic heterocycles. The molecule has 0 aliphatic carbocycles. The highest BCUT2D eigenvalue weighted by molar-refractivity contribution is 7.89. The summed E-state index contributed by atoms with van der Waals surface area (Å²) in [5, 5.41) is 2.46. The third-order valence-electron chi connectivity index (χ3n) is 4.29. The van der Waals surface area contributed by atoms with Crippen LogP contribution in [0.5, 0.6) is 5.75 Å². The maximum Gasteiger partial charge on any atom is 0.262 e. The molecule has 0 aromatic heterocycles. The van der Waals surface area contributed by atoms with Gasteiger partial charge in [0.2, 0.25) is 20.0 Å². The average Bonchev–Trinajstić information content (AvgIpc) is 2.65. The van der Waals surface area contributed by atoms with Crippen LogP contribution in [0.15, 0.2) is 41.3 Å². The van der Waals surface area contributed by atoms with Gasteiger partial charge in [0.25, 0.3) is 5.91 Å². The first-order chi connectivity index (χ1) is 14.5. The summed E-state index contributed by atoms with van der Waals surface area (Å²) in [6, 6.07) is 8.95. The number of sulfonamides is 2. The van der Waals surface area contributed by atoms with Crippen molar-refractivity contribution in [1.82, 2.24) is 9.44 Å². The van der Waals surface area contributed by atoms with Gasteiger partial charge in [0, 0.05) is 18.7 Å². The number of benzene rings is 2. The minimum atomic E-state index is -4.06. The maximum absolute atomic E-state index is 12.8. The van der Waals surface area contributed by atoms with Crippen molar-refractivity contribution in [2.24, 2.45) is 0 Å². The van der Waals surface area contributed by atoms with Crippen molar-refractivity contribution in [3.05, 3.63) is 52.5 Å². The number of hydrogen-bond donors (Lipinski definition) is 3. The molecular formula is C19H22ClN3O6S2. The number of nitrogens with one attached hydrogen (secondary N) is 3. The number of ether oxygens (including phenoxy) is 1. The summed E-state index contributed by atoms with van der Waals surface area (Å²) in [7, 11) is -7.64. The van der Waals surface area contributed by atoms with Gasteiger partial charge in [0.15, 0.2) is 6.61 Å². The van der Waals surface area contributed by atoms with E-state index < -0.39 is 20.0 Å². The topological polar surface area (TPSA) is 131 Å². The van der Waals surface area contributed by atoms with E-state index in [1.54, 1.807) is 38.1 Å². The lowest BCUT2D eigenvalue weighted by Gasteiger charge is -2.19. The fourth-order valence-electron chi connectivity index (χ4n) is 3.01. The van der Waals surface area contributed by atoms with Crippen LogP contribution in [0.3, 0.4) is 0 Å². The number of carbonyl (C=O) groups excluding carboxylic acids is 1. The Bertz CT molecular complexity index is 1210. The number of fused-ring (bicyclic) bond motifs is 1. The highest BCUT2D eigenvalue weighted by atomic mass is 35.5. The molecule has 1 amide bonds. The first-order valence-electron chi connectivity index (χ1n) is 9.29. The first-order valence-corrected chi connectivity index (χ1v) is 12.8. The van der Waals surface area contributed by atoms with E-state index in [0.717, 1.165) is 0 Å². The molecule has 0 bridgehead atoms. The Hall–Kier alpha value is -2.18. The predicted molar refractivity (Wildman–Crippen MR) is 117 cm³/mol. The Morgan fingerprint density at radius 3 is 2.48 bits per heavy atom. The molecule has 168 valence electrons. The van der Waals surface area contributed by atoms with Crippen molar-refractivity contribution in [3.63, 3.8) is 0 Å². The highest BCUT2D eigenvalue weighted by Crippen LogP contribution is 2.35. The van der Waals surface area contributed by atoms with Crippen LogP contribution in [0.2, 0.25) is 5.02 Å². The molecule has 0 saturated heterocycles. The molecule has 1 aliphatic rings. The molecule has 0 saturated carbocycles. The van der Waals surface area contributed by atoms with Crippen LogP contribution < -0.4 is 19.5 Å². The Morgan fingerprint density at radius 2 is 1.81 bits per heavy atom. The molecule has 12 heteroatoms. The quantitative estimate of drug-likeness (QED) is 0.521. The van der Waals surface area contributed by atoms with Crippen molar-refractivity contribution >= 4 is 43.2 Å². The largest absolute Gasteiger partial charge is 0.482 e. The van der Waals surface area contributed by atoms with Gasteiger partial charge in [0.05, 0.1) is 16.5 Å². The molecule has 0 atom stereocenters. The molecule has 3 N–H and O–H groups in total. The molecular weight excluding hydrogens is 466 g/mol. The van der Waals surface area contributed by atoms with Crippen LogP contribution in [0.4, 0.5) is 5.69 Å². The van der Waals surface area contributed by atoms with E-state index in [9.17, 15) is 21.6 Å². The van der Waals surface area contributed by atoms with Crippen LogP contribution in [0.1, 0.15) is 25.0 Å². The molecule has 0 spiro atoms. The fourth-order valence-corrected chi connectivity index (χ4v) is 6.05. The standard InChI is InChI=1S/C19H22ClN3O6S2/c1-12(2)23-30(25,26)11-14-6-4-3-5-13(14)9-21-31(27,28)18-8-17-16(7-15(18)20)22-19(24)10-29-17/h3-8,12,21,23H,9-11H2,1-2H3,(H,22,24). The van der Waals surface area contributed by atoms with Crippen LogP contribution in [-0.4, -0.2) is 35.4 Å². The Balaban J connectivity index is 1.81. The van der Waals surface area contributed by atoms with Crippen molar-refractivity contribution in [2.75, 3.05) is 11.9 Å². The lowest BCUT2D eigenvalue weighted by Crippen LogP contribution is -2.32. The van der Waals surface area contributed by atoms with Gasteiger partial charge in [0.1, 0.15) is 10.6 Å². The van der Waals surface area contributed by atoms with E-state index >= 15 is 0 Å². The van der Waals surface area contributed by atoms with E-state index in [1.165, 1.54) is 12.1 Å². The van der Waals surface area contributed by atoms with Crippen molar-refractivity contribution in [1.29, 1.82) is 0 Å². The second kappa shape index (κ2) is 9.13. The van der Waals surface area contributed by atoms with Gasteiger partial charge in [-0.3, -0.25) is 4.79 Å². The van der Waals surface area contributed by atoms with Crippen molar-refractivity contribution in [3.8, 4) is 5.75 Å². The molecule has 31 heavy (non-hydrogen) atoms. The van der Waals surface area contributed by atoms with E-state index in [4.69, 9.17) is 16.3 Å². The predicted octanol–water partition coefficient (Wildman–Crippen LogP) is 1.98. The zero-order valence-corrected chi connectivity index (χ0v) is 19.2. The summed E-state index contributed by atoms with van der Waals surface area (Å²) < 4.78 is 60.5. The Morgan fingerprint density at radius 1 is 1.13 bits per heavy atom. The van der Waals surface area contributed by atoms with Gasteiger partial charge in [-0.15, -0.1) is 0 Å². The van der Waals surface area contributed by atoms with Gasteiger partial charge in [-0.25, -0.2) is 26.3 Å². The van der Waals surface area contributed by atoms with Gasteiger partial charge in [-0.1, -0.05) is 35.9 Å². The van der Waals surface area contributed by atoms with Gasteiger partial charge >= 0.3 is 0 Å². The summed E-state index contributed by atoms with van der Waals surface area (Å²) in [4.78, 5) is 11.2. The Labute approximate surface area is 186 Å². The molecule has 9 nitrogen and oxygen atoms in total. The molecule has 1 heterocycles. The summed E-state index contributed by atoms with van der Waals surface area (Å²) in [5.41, 5.74) is 1.27. The van der Waals surface area contributed by atoms with Crippen LogP contribution in [0.25, 0.3) is 0 Å². The van der Waals surface area contributed by atoms with Crippen molar-refractivity contribution in [2.45, 2.75) is 37.1 Å². The first kappa shape index (κ1) is 23.5. The SMILES string of the molecule is CC(C)NS(=O)(=O)Cc1ccccc1CNS(=O)(=O)c1cc2c(cc1Cl)NC(=O)CO2. The van der Waals surface area contributed by atoms with E-state index in [2.05, 4.69) is 14.8 Å². The molecule has 0 fully saturated rings. The third-order valence-corrected chi connectivity index (χ3v) is 7.68. The summed E-state index contributed by atoms with van der Waals surface area (Å²) in [6.45, 7) is 3.07. The van der Waals surface area contributed by atoms with Gasteiger partial charge < -0.3 is 10.1 Å². The van der Waals surface area contributed by atoms with Crippen LogP contribution in [-0.2, 0) is 37.1 Å². The second-order valence-corrected chi connectivity index (χ2v) is 11.1. The lowest BCUT2D eigenvalue weighted by molar-refractivity contribution is -0.118. The molecule has 2 aromatic rings. The molecule has 0 unspecified atom stereocenters. The van der Waals surface area contributed by atoms with Gasteiger partial charge in [-0.05, 0) is 31.0 Å². The molecule has 0 radical (unpaired) electrons. The third kappa shape index (κ3) is 5.95. The monoisotopic (exact) mass is 487 g/mol. The lowest BCUT2D eigenvalue weighted by atomic mass is 10.1. The number of hydrogen-bond acceptors (Lipinski definition) is 6. The number of carbonyl (C=O) groups is 1. The molecule has 2 aromatic carbocycles. The average molecular weight is 488 g/mol. The molecule has 3 rings (SSSR count). The van der Waals surface area contributed by atoms with E-state index in [1.807, 2.05) is 0 Å². The van der Waals surface area contributed by atoms with Gasteiger partial charge in [-0.2, -0.15) is 0 Å². The smallest absolute Gasteiger partial charge is 0.262 e. The number of amides is 1. The zero-order valence-electron chi connectivity index (χ0n) is 16.8. The summed E-state index contributed by atoms with van der Waals surface area (Å²) in [6.07, 6.45) is 0. The number of anilines is 1. The normalized spacial score (nSPS) is 14.1. The zero-order chi connectivity index (χ0) is 22.8. The fraction of sp³-hybridized carbons (Fsp3) is 0.316. The highest BCUT2D eigenvalue weighted by Gasteiger charge is 2.25. The summed E-state index contributed by atoms with van der Waals surface area (Å²) >= 11 is 6.13. The number of halogens is 1. The Kier molecular flexibility index (Phi) is 6.92. The van der Waals surface area contributed by atoms with Crippen LogP contribution in [0, 0.1) is 0 Å². The van der Waals surface area contributed by atoms with E-state index in [-0.39, 0.29) is 52.2 Å². The minimum Gasteiger partial charge on any atom is -0.482 e. The minimum absolute atomic E-state index is 0.0888. The second-order valence-electron chi connectivity index (χ2n) is 7.24.